The van der Waals surface area contributed by atoms with Crippen molar-refractivity contribution in [3.05, 3.63) is 23.8 Å². The predicted molar refractivity (Wildman–Crippen MR) is 103 cm³/mol. The Balaban J connectivity index is 1.89. The molecule has 8 heteroatoms. The summed E-state index contributed by atoms with van der Waals surface area (Å²) in [5, 5.41) is 49.3. The summed E-state index contributed by atoms with van der Waals surface area (Å²) < 4.78 is 11.7. The minimum atomic E-state index is -1.52. The van der Waals surface area contributed by atoms with Gasteiger partial charge in [-0.05, 0) is 25.2 Å². The third kappa shape index (κ3) is 4.02. The first kappa shape index (κ1) is 22.4. The maximum absolute atomic E-state index is 11.5. The molecular weight excluding hydrogens is 380 g/mol. The quantitative estimate of drug-likeness (QED) is 0.327. The first-order valence-corrected chi connectivity index (χ1v) is 10.2. The van der Waals surface area contributed by atoms with Gasteiger partial charge in [-0.1, -0.05) is 38.5 Å². The molecule has 1 aliphatic heterocycles. The van der Waals surface area contributed by atoms with Crippen LogP contribution in [0, 0.1) is 17.3 Å². The van der Waals surface area contributed by atoms with E-state index < -0.39 is 55.3 Å². The highest BCUT2D eigenvalue weighted by atomic mass is 16.7. The minimum Gasteiger partial charge on any atom is -0.478 e. The van der Waals surface area contributed by atoms with Gasteiger partial charge in [0.25, 0.3) is 0 Å². The number of aliphatic hydroxyl groups excluding tert-OH is 4. The van der Waals surface area contributed by atoms with Gasteiger partial charge in [0.2, 0.25) is 0 Å². The highest BCUT2D eigenvalue weighted by molar-refractivity contribution is 5.86. The van der Waals surface area contributed by atoms with Crippen LogP contribution in [-0.4, -0.2) is 74.9 Å². The van der Waals surface area contributed by atoms with Crippen LogP contribution in [0.2, 0.25) is 0 Å². The number of hydrogen-bond donors (Lipinski definition) is 5. The number of carbonyl (C=O) groups is 1. The standard InChI is InChI=1S/C21H32O8/c1-10-5-4-6-21(3)13(10)7-12(11(2)19(26)27)8-15(21)29-20-18(25)17(24)16(23)14(9-22)28-20/h7,10,12,14-18,20,22-25H,2,4-6,8-9H2,1,3H3,(H,26,27)/t10-,12-,14+,15-,16-,17-,18+,20-,21-/m0/s1. The van der Waals surface area contributed by atoms with E-state index in [4.69, 9.17) is 9.47 Å². The molecule has 0 aromatic carbocycles. The van der Waals surface area contributed by atoms with E-state index in [1.165, 1.54) is 0 Å². The van der Waals surface area contributed by atoms with Crippen molar-refractivity contribution in [1.82, 2.24) is 0 Å². The smallest absolute Gasteiger partial charge is 0.331 e. The van der Waals surface area contributed by atoms with Crippen molar-refractivity contribution < 1.29 is 39.8 Å². The first-order chi connectivity index (χ1) is 13.6. The molecular formula is C21H32O8. The van der Waals surface area contributed by atoms with Gasteiger partial charge in [-0.15, -0.1) is 0 Å². The molecule has 0 radical (unpaired) electrons. The fourth-order valence-corrected chi connectivity index (χ4v) is 5.06. The summed E-state index contributed by atoms with van der Waals surface area (Å²) in [6, 6.07) is 0. The van der Waals surface area contributed by atoms with Gasteiger partial charge in [0.15, 0.2) is 6.29 Å². The minimum absolute atomic E-state index is 0.0831. The Kier molecular flexibility index (Phi) is 6.53. The number of ether oxygens (including phenoxy) is 2. The monoisotopic (exact) mass is 412 g/mol. The second-order valence-corrected chi connectivity index (χ2v) is 8.83. The van der Waals surface area contributed by atoms with Crippen molar-refractivity contribution in [3.63, 3.8) is 0 Å². The summed E-state index contributed by atoms with van der Waals surface area (Å²) in [7, 11) is 0. The van der Waals surface area contributed by atoms with Crippen molar-refractivity contribution in [2.45, 2.75) is 76.3 Å². The SMILES string of the molecule is C=C(C(=O)O)[C@H]1C=C2[C@@H](C)CCC[C@]2(C)[C@@H](O[C@@H]2O[C@H](CO)[C@H](O)[C@H](O)[C@H]2O)C1. The molecule has 1 heterocycles. The van der Waals surface area contributed by atoms with Crippen LogP contribution < -0.4 is 0 Å². The molecule has 3 aliphatic rings. The highest BCUT2D eigenvalue weighted by Crippen LogP contribution is 2.53. The topological polar surface area (TPSA) is 137 Å². The number of carboxylic acids is 1. The summed E-state index contributed by atoms with van der Waals surface area (Å²) in [4.78, 5) is 11.5. The summed E-state index contributed by atoms with van der Waals surface area (Å²) in [5.74, 6) is -1.21. The Morgan fingerprint density at radius 1 is 1.31 bits per heavy atom. The normalized spacial score (nSPS) is 45.2. The van der Waals surface area contributed by atoms with Gasteiger partial charge in [-0.25, -0.2) is 4.79 Å². The van der Waals surface area contributed by atoms with E-state index in [-0.39, 0.29) is 16.9 Å². The third-order valence-corrected chi connectivity index (χ3v) is 6.95. The Bertz CT molecular complexity index is 674. The number of aliphatic carboxylic acids is 1. The van der Waals surface area contributed by atoms with Crippen molar-refractivity contribution >= 4 is 5.97 Å². The zero-order valence-corrected chi connectivity index (χ0v) is 16.9. The number of carboxylic acid groups (broad SMARTS) is 1. The van der Waals surface area contributed by atoms with E-state index >= 15 is 0 Å². The Morgan fingerprint density at radius 2 is 2.00 bits per heavy atom. The van der Waals surface area contributed by atoms with Gasteiger partial charge < -0.3 is 35.0 Å². The van der Waals surface area contributed by atoms with Crippen molar-refractivity contribution in [2.75, 3.05) is 6.61 Å². The zero-order chi connectivity index (χ0) is 21.5. The predicted octanol–water partition coefficient (Wildman–Crippen LogP) is 0.585. The Morgan fingerprint density at radius 3 is 2.62 bits per heavy atom. The van der Waals surface area contributed by atoms with Crippen LogP contribution in [0.3, 0.4) is 0 Å². The van der Waals surface area contributed by atoms with Gasteiger partial charge in [0.1, 0.15) is 24.4 Å². The maximum Gasteiger partial charge on any atom is 0.331 e. The molecule has 0 aromatic rings. The molecule has 1 saturated heterocycles. The molecule has 0 bridgehead atoms. The first-order valence-electron chi connectivity index (χ1n) is 10.2. The molecule has 8 nitrogen and oxygen atoms in total. The lowest BCUT2D eigenvalue weighted by Gasteiger charge is -2.51. The summed E-state index contributed by atoms with van der Waals surface area (Å²) in [6.45, 7) is 7.37. The van der Waals surface area contributed by atoms with E-state index in [2.05, 4.69) is 20.4 Å². The van der Waals surface area contributed by atoms with E-state index in [1.54, 1.807) is 0 Å². The van der Waals surface area contributed by atoms with Gasteiger partial charge in [0.05, 0.1) is 12.7 Å². The van der Waals surface area contributed by atoms with Crippen LogP contribution in [-0.2, 0) is 14.3 Å². The van der Waals surface area contributed by atoms with E-state index in [0.717, 1.165) is 24.8 Å². The van der Waals surface area contributed by atoms with Gasteiger partial charge in [0, 0.05) is 16.9 Å². The lowest BCUT2D eigenvalue weighted by molar-refractivity contribution is -0.320. The molecule has 0 spiro atoms. The summed E-state index contributed by atoms with van der Waals surface area (Å²) >= 11 is 0. The van der Waals surface area contributed by atoms with Crippen LogP contribution in [0.5, 0.6) is 0 Å². The van der Waals surface area contributed by atoms with Crippen LogP contribution in [0.15, 0.2) is 23.8 Å². The number of rotatable bonds is 5. The molecule has 29 heavy (non-hydrogen) atoms. The van der Waals surface area contributed by atoms with E-state index in [9.17, 15) is 30.3 Å². The fraction of sp³-hybridized carbons (Fsp3) is 0.762. The third-order valence-electron chi connectivity index (χ3n) is 6.95. The molecule has 1 saturated carbocycles. The molecule has 0 amide bonds. The summed E-state index contributed by atoms with van der Waals surface area (Å²) in [5.41, 5.74) is 0.836. The molecule has 2 fully saturated rings. The molecule has 2 aliphatic carbocycles. The largest absolute Gasteiger partial charge is 0.478 e. The molecule has 5 N–H and O–H groups in total. The maximum atomic E-state index is 11.5. The second-order valence-electron chi connectivity index (χ2n) is 8.83. The number of hydrogen-bond acceptors (Lipinski definition) is 7. The van der Waals surface area contributed by atoms with Gasteiger partial charge >= 0.3 is 5.97 Å². The van der Waals surface area contributed by atoms with Crippen LogP contribution >= 0.6 is 0 Å². The zero-order valence-electron chi connectivity index (χ0n) is 16.9. The number of aliphatic hydroxyl groups is 4. The van der Waals surface area contributed by atoms with Crippen molar-refractivity contribution in [3.8, 4) is 0 Å². The highest BCUT2D eigenvalue weighted by Gasteiger charge is 2.51. The van der Waals surface area contributed by atoms with E-state index in [1.807, 2.05) is 6.08 Å². The van der Waals surface area contributed by atoms with E-state index in [0.29, 0.717) is 6.42 Å². The molecule has 3 rings (SSSR count). The number of fused-ring (bicyclic) bond motifs is 1. The molecule has 164 valence electrons. The lowest BCUT2D eigenvalue weighted by Crippen LogP contribution is -2.60. The summed E-state index contributed by atoms with van der Waals surface area (Å²) in [6.07, 6.45) is -2.05. The fourth-order valence-electron chi connectivity index (χ4n) is 5.06. The molecule has 9 atom stereocenters. The molecule has 0 aromatic heterocycles. The van der Waals surface area contributed by atoms with Crippen LogP contribution in [0.1, 0.15) is 39.5 Å². The Hall–Kier alpha value is -1.29. The Labute approximate surface area is 170 Å². The lowest BCUT2D eigenvalue weighted by atomic mass is 9.59. The average molecular weight is 412 g/mol. The van der Waals surface area contributed by atoms with Gasteiger partial charge in [-0.2, -0.15) is 0 Å². The van der Waals surface area contributed by atoms with Crippen LogP contribution in [0.4, 0.5) is 0 Å². The van der Waals surface area contributed by atoms with Crippen molar-refractivity contribution in [2.24, 2.45) is 17.3 Å². The van der Waals surface area contributed by atoms with Crippen molar-refractivity contribution in [1.29, 1.82) is 0 Å². The molecule has 0 unspecified atom stereocenters. The second kappa shape index (κ2) is 8.45. The average Bonchev–Trinajstić information content (AvgIpc) is 2.68. The van der Waals surface area contributed by atoms with Gasteiger partial charge in [-0.3, -0.25) is 0 Å². The number of allylic oxidation sites excluding steroid dienone is 1. The van der Waals surface area contributed by atoms with Crippen LogP contribution in [0.25, 0.3) is 0 Å².